The molecule has 0 aromatic carbocycles. The van der Waals surface area contributed by atoms with E-state index >= 15 is 0 Å². The van der Waals surface area contributed by atoms with E-state index < -0.39 is 0 Å². The fraction of sp³-hybridized carbons (Fsp3) is 1.00. The molecule has 3 unspecified atom stereocenters. The Hall–Kier alpha value is -0.0800. The van der Waals surface area contributed by atoms with Gasteiger partial charge in [0.1, 0.15) is 0 Å². The third-order valence-corrected chi connectivity index (χ3v) is 5.13. The van der Waals surface area contributed by atoms with Crippen molar-refractivity contribution in [2.75, 3.05) is 20.1 Å². The molecule has 1 fully saturated rings. The summed E-state index contributed by atoms with van der Waals surface area (Å²) >= 11 is 0. The molecule has 0 aromatic rings. The van der Waals surface area contributed by atoms with Crippen molar-refractivity contribution in [2.45, 2.75) is 85.2 Å². The maximum atomic E-state index is 3.81. The molecule has 0 bridgehead atoms. The van der Waals surface area contributed by atoms with Crippen LogP contribution in [0.2, 0.25) is 0 Å². The van der Waals surface area contributed by atoms with E-state index in [1.165, 1.54) is 51.6 Å². The van der Waals surface area contributed by atoms with E-state index in [4.69, 9.17) is 0 Å². The highest BCUT2D eigenvalue weighted by atomic mass is 15.2. The molecule has 2 nitrogen and oxygen atoms in total. The maximum Gasteiger partial charge on any atom is 0.0249 e. The van der Waals surface area contributed by atoms with E-state index in [1.54, 1.807) is 0 Å². The van der Waals surface area contributed by atoms with Crippen LogP contribution in [0.4, 0.5) is 0 Å². The zero-order chi connectivity index (χ0) is 15.2. The molecule has 0 aromatic heterocycles. The van der Waals surface area contributed by atoms with Gasteiger partial charge in [0.25, 0.3) is 0 Å². The van der Waals surface area contributed by atoms with Gasteiger partial charge in [-0.15, -0.1) is 0 Å². The van der Waals surface area contributed by atoms with Crippen molar-refractivity contribution in [1.29, 1.82) is 0 Å². The summed E-state index contributed by atoms with van der Waals surface area (Å²) in [6.45, 7) is 14.2. The number of hydrogen-bond acceptors (Lipinski definition) is 2. The lowest BCUT2D eigenvalue weighted by molar-refractivity contribution is 0.0717. The van der Waals surface area contributed by atoms with Crippen molar-refractivity contribution in [1.82, 2.24) is 10.2 Å². The van der Waals surface area contributed by atoms with E-state index in [9.17, 15) is 0 Å². The molecule has 0 aliphatic heterocycles. The van der Waals surface area contributed by atoms with Crippen molar-refractivity contribution in [2.24, 2.45) is 11.3 Å². The average Bonchev–Trinajstić information content (AvgIpc) is 2.41. The molecule has 2 heteroatoms. The van der Waals surface area contributed by atoms with Gasteiger partial charge in [-0.3, -0.25) is 0 Å². The fourth-order valence-corrected chi connectivity index (χ4v) is 3.56. The molecular formula is C18H38N2. The molecule has 0 radical (unpaired) electrons. The highest BCUT2D eigenvalue weighted by Crippen LogP contribution is 2.39. The number of unbranched alkanes of at least 4 members (excludes halogenated alkanes) is 1. The lowest BCUT2D eigenvalue weighted by Gasteiger charge is -2.45. The highest BCUT2D eigenvalue weighted by Gasteiger charge is 2.37. The third-order valence-electron chi connectivity index (χ3n) is 5.13. The highest BCUT2D eigenvalue weighted by molar-refractivity contribution is 4.93. The zero-order valence-electron chi connectivity index (χ0n) is 14.8. The molecule has 1 aliphatic carbocycles. The Morgan fingerprint density at radius 2 is 1.80 bits per heavy atom. The van der Waals surface area contributed by atoms with Crippen LogP contribution in [0.1, 0.15) is 73.1 Å². The molecule has 1 saturated carbocycles. The van der Waals surface area contributed by atoms with Crippen LogP contribution in [0.3, 0.4) is 0 Å². The van der Waals surface area contributed by atoms with Crippen molar-refractivity contribution in [3.63, 3.8) is 0 Å². The fourth-order valence-electron chi connectivity index (χ4n) is 3.56. The van der Waals surface area contributed by atoms with Crippen LogP contribution in [-0.4, -0.2) is 37.1 Å². The van der Waals surface area contributed by atoms with Crippen molar-refractivity contribution in [3.8, 4) is 0 Å². The summed E-state index contributed by atoms with van der Waals surface area (Å²) in [4.78, 5) is 2.63. The molecule has 20 heavy (non-hydrogen) atoms. The third kappa shape index (κ3) is 5.37. The smallest absolute Gasteiger partial charge is 0.0249 e. The molecule has 0 saturated heterocycles. The minimum Gasteiger partial charge on any atom is -0.312 e. The molecule has 0 spiro atoms. The predicted octanol–water partition coefficient (Wildman–Crippen LogP) is 4.30. The first-order valence-electron chi connectivity index (χ1n) is 8.83. The van der Waals surface area contributed by atoms with Crippen LogP contribution in [0.25, 0.3) is 0 Å². The molecule has 3 atom stereocenters. The lowest BCUT2D eigenvalue weighted by Crippen LogP contribution is -2.53. The largest absolute Gasteiger partial charge is 0.312 e. The van der Waals surface area contributed by atoms with E-state index in [-0.39, 0.29) is 0 Å². The first-order chi connectivity index (χ1) is 9.40. The van der Waals surface area contributed by atoms with Gasteiger partial charge in [-0.25, -0.2) is 0 Å². The molecule has 1 aliphatic rings. The number of hydrogen-bond donors (Lipinski definition) is 1. The summed E-state index contributed by atoms with van der Waals surface area (Å²) in [7, 11) is 2.34. The normalized spacial score (nSPS) is 28.1. The van der Waals surface area contributed by atoms with Crippen LogP contribution < -0.4 is 5.32 Å². The summed E-state index contributed by atoms with van der Waals surface area (Å²) in [6, 6.07) is 1.43. The van der Waals surface area contributed by atoms with E-state index in [0.29, 0.717) is 11.5 Å². The van der Waals surface area contributed by atoms with Crippen molar-refractivity contribution in [3.05, 3.63) is 0 Å². The topological polar surface area (TPSA) is 15.3 Å². The molecule has 1 rings (SSSR count). The molecule has 120 valence electrons. The van der Waals surface area contributed by atoms with Gasteiger partial charge in [0.15, 0.2) is 0 Å². The van der Waals surface area contributed by atoms with Gasteiger partial charge in [0.05, 0.1) is 0 Å². The summed E-state index contributed by atoms with van der Waals surface area (Å²) in [5.41, 5.74) is 0.458. The van der Waals surface area contributed by atoms with Crippen LogP contribution >= 0.6 is 0 Å². The van der Waals surface area contributed by atoms with E-state index in [1.807, 2.05) is 0 Å². The second-order valence-corrected chi connectivity index (χ2v) is 7.84. The Labute approximate surface area is 127 Å². The predicted molar refractivity (Wildman–Crippen MR) is 90.2 cm³/mol. The Morgan fingerprint density at radius 1 is 1.10 bits per heavy atom. The molecule has 1 N–H and O–H groups in total. The molecular weight excluding hydrogens is 244 g/mol. The lowest BCUT2D eigenvalue weighted by atomic mass is 9.69. The van der Waals surface area contributed by atoms with Crippen molar-refractivity contribution < 1.29 is 0 Å². The van der Waals surface area contributed by atoms with Gasteiger partial charge in [-0.2, -0.15) is 0 Å². The van der Waals surface area contributed by atoms with Crippen LogP contribution in [0.15, 0.2) is 0 Å². The van der Waals surface area contributed by atoms with Gasteiger partial charge >= 0.3 is 0 Å². The summed E-state index contributed by atoms with van der Waals surface area (Å²) in [5, 5.41) is 3.81. The average molecular weight is 283 g/mol. The monoisotopic (exact) mass is 282 g/mol. The standard InChI is InChI=1S/C18H38N2/c1-7-9-13-20(6)17-14-15(18(3,4)5)10-11-16(17)19-12-8-2/h15-17,19H,7-14H2,1-6H3. The SMILES string of the molecule is CCCCN(C)C1CC(C(C)(C)C)CCC1NCCC. The minimum absolute atomic E-state index is 0.458. The van der Waals surface area contributed by atoms with Gasteiger partial charge in [-0.1, -0.05) is 41.0 Å². The zero-order valence-corrected chi connectivity index (χ0v) is 14.8. The first kappa shape index (κ1) is 18.0. The Balaban J connectivity index is 2.66. The summed E-state index contributed by atoms with van der Waals surface area (Å²) in [6.07, 6.45) is 7.97. The Bertz CT molecular complexity index is 257. The maximum absolute atomic E-state index is 3.81. The Morgan fingerprint density at radius 3 is 2.35 bits per heavy atom. The molecule has 0 heterocycles. The molecule has 0 amide bonds. The van der Waals surface area contributed by atoms with Crippen LogP contribution in [-0.2, 0) is 0 Å². The quantitative estimate of drug-likeness (QED) is 0.749. The Kier molecular flexibility index (Phi) is 7.53. The van der Waals surface area contributed by atoms with E-state index in [0.717, 1.165) is 12.0 Å². The minimum atomic E-state index is 0.458. The van der Waals surface area contributed by atoms with Gasteiger partial charge in [-0.05, 0) is 63.6 Å². The summed E-state index contributed by atoms with van der Waals surface area (Å²) in [5.74, 6) is 0.872. The second-order valence-electron chi connectivity index (χ2n) is 7.84. The van der Waals surface area contributed by atoms with E-state index in [2.05, 4.69) is 51.9 Å². The second kappa shape index (κ2) is 8.38. The number of likely N-dealkylation sites (N-methyl/N-ethyl adjacent to an activating group) is 1. The van der Waals surface area contributed by atoms with Gasteiger partial charge in [0, 0.05) is 12.1 Å². The first-order valence-corrected chi connectivity index (χ1v) is 8.83. The van der Waals surface area contributed by atoms with Crippen molar-refractivity contribution >= 4 is 0 Å². The van der Waals surface area contributed by atoms with Crippen LogP contribution in [0, 0.1) is 11.3 Å². The number of nitrogens with one attached hydrogen (secondary N) is 1. The number of rotatable bonds is 7. The summed E-state index contributed by atoms with van der Waals surface area (Å²) < 4.78 is 0. The van der Waals surface area contributed by atoms with Crippen LogP contribution in [0.5, 0.6) is 0 Å². The number of nitrogens with zero attached hydrogens (tertiary/aromatic N) is 1. The van der Waals surface area contributed by atoms with Gasteiger partial charge < -0.3 is 10.2 Å². The van der Waals surface area contributed by atoms with Gasteiger partial charge in [0.2, 0.25) is 0 Å².